The third-order valence-corrected chi connectivity index (χ3v) is 6.14. The minimum atomic E-state index is -0.779. The Hall–Kier alpha value is -3.43. The number of hydrogen-bond acceptors (Lipinski definition) is 8. The molecule has 2 saturated heterocycles. The van der Waals surface area contributed by atoms with Crippen LogP contribution < -0.4 is 9.47 Å². The Morgan fingerprint density at radius 2 is 1.85 bits per heavy atom. The summed E-state index contributed by atoms with van der Waals surface area (Å²) in [5.41, 5.74) is 0.891. The Balaban J connectivity index is 1.67. The van der Waals surface area contributed by atoms with Crippen LogP contribution in [0.2, 0.25) is 0 Å². The van der Waals surface area contributed by atoms with Gasteiger partial charge in [0.05, 0.1) is 38.7 Å². The fourth-order valence-electron chi connectivity index (χ4n) is 4.38. The van der Waals surface area contributed by atoms with Gasteiger partial charge in [0, 0.05) is 37.9 Å². The van der Waals surface area contributed by atoms with Crippen molar-refractivity contribution < 1.29 is 28.9 Å². The summed E-state index contributed by atoms with van der Waals surface area (Å²) in [5, 5.41) is 11.2. The second kappa shape index (κ2) is 10.7. The number of aromatic nitrogens is 1. The number of nitrogens with zero attached hydrogens (tertiary/aromatic N) is 3. The van der Waals surface area contributed by atoms with E-state index in [-0.39, 0.29) is 11.3 Å². The minimum Gasteiger partial charge on any atom is -0.507 e. The summed E-state index contributed by atoms with van der Waals surface area (Å²) in [6.45, 7) is 4.25. The van der Waals surface area contributed by atoms with E-state index >= 15 is 0 Å². The molecule has 4 rings (SSSR count). The number of aliphatic hydroxyl groups is 1. The molecular formula is C25H29N3O6. The molecule has 34 heavy (non-hydrogen) atoms. The molecule has 1 aromatic heterocycles. The van der Waals surface area contributed by atoms with Crippen LogP contribution in [0.4, 0.5) is 0 Å². The number of morpholine rings is 1. The van der Waals surface area contributed by atoms with Crippen molar-refractivity contribution in [1.82, 2.24) is 14.8 Å². The molecule has 3 heterocycles. The topological polar surface area (TPSA) is 101 Å². The van der Waals surface area contributed by atoms with Crippen LogP contribution in [0.25, 0.3) is 5.76 Å². The third-order valence-electron chi connectivity index (χ3n) is 6.14. The van der Waals surface area contributed by atoms with Crippen LogP contribution in [0, 0.1) is 0 Å². The Bertz CT molecular complexity index is 1070. The highest BCUT2D eigenvalue weighted by Gasteiger charge is 2.46. The number of rotatable bonds is 8. The molecule has 1 amide bonds. The molecule has 1 atom stereocenters. The van der Waals surface area contributed by atoms with Crippen molar-refractivity contribution in [3.05, 3.63) is 59.4 Å². The number of benzene rings is 1. The summed E-state index contributed by atoms with van der Waals surface area (Å²) in [5.74, 6) is -0.746. The van der Waals surface area contributed by atoms with Crippen LogP contribution in [0.15, 0.2) is 48.2 Å². The maximum atomic E-state index is 13.1. The average molecular weight is 468 g/mol. The Morgan fingerprint density at radius 1 is 1.09 bits per heavy atom. The van der Waals surface area contributed by atoms with Gasteiger partial charge in [0.15, 0.2) is 11.5 Å². The zero-order chi connectivity index (χ0) is 24.1. The van der Waals surface area contributed by atoms with E-state index in [0.29, 0.717) is 48.9 Å². The first kappa shape index (κ1) is 23.7. The summed E-state index contributed by atoms with van der Waals surface area (Å²) in [7, 11) is 3.00. The lowest BCUT2D eigenvalue weighted by Gasteiger charge is -2.28. The smallest absolute Gasteiger partial charge is 0.295 e. The molecule has 0 spiro atoms. The summed E-state index contributed by atoms with van der Waals surface area (Å²) < 4.78 is 16.0. The number of hydrogen-bond donors (Lipinski definition) is 1. The van der Waals surface area contributed by atoms with Gasteiger partial charge in [0.2, 0.25) is 0 Å². The highest BCUT2D eigenvalue weighted by Crippen LogP contribution is 2.40. The van der Waals surface area contributed by atoms with Crippen LogP contribution >= 0.6 is 0 Å². The molecule has 0 radical (unpaired) electrons. The van der Waals surface area contributed by atoms with Gasteiger partial charge in [-0.15, -0.1) is 0 Å². The first-order valence-electron chi connectivity index (χ1n) is 11.3. The largest absolute Gasteiger partial charge is 0.507 e. The van der Waals surface area contributed by atoms with Crippen molar-refractivity contribution >= 4 is 17.4 Å². The lowest BCUT2D eigenvalue weighted by atomic mass is 9.98. The number of likely N-dealkylation sites (tertiary alicyclic amines) is 1. The molecular weight excluding hydrogens is 438 g/mol. The zero-order valence-corrected chi connectivity index (χ0v) is 19.4. The third kappa shape index (κ3) is 4.76. The molecule has 9 heteroatoms. The van der Waals surface area contributed by atoms with Crippen molar-refractivity contribution in [2.24, 2.45) is 0 Å². The number of Topliss-reactive ketones (excluding diaryl/α,β-unsaturated/α-hetero) is 1. The molecule has 1 aromatic carbocycles. The van der Waals surface area contributed by atoms with Gasteiger partial charge in [0.25, 0.3) is 11.7 Å². The van der Waals surface area contributed by atoms with E-state index in [2.05, 4.69) is 9.88 Å². The molecule has 180 valence electrons. The minimum absolute atomic E-state index is 0.0160. The van der Waals surface area contributed by atoms with Crippen molar-refractivity contribution in [3.63, 3.8) is 0 Å². The van der Waals surface area contributed by atoms with Gasteiger partial charge in [-0.25, -0.2) is 0 Å². The molecule has 0 bridgehead atoms. The number of methoxy groups -OCH3 is 2. The van der Waals surface area contributed by atoms with E-state index < -0.39 is 17.7 Å². The number of aliphatic hydroxyl groups excluding tert-OH is 1. The zero-order valence-electron chi connectivity index (χ0n) is 19.4. The van der Waals surface area contributed by atoms with E-state index in [0.717, 1.165) is 19.6 Å². The van der Waals surface area contributed by atoms with Crippen LogP contribution in [-0.4, -0.2) is 85.2 Å². The maximum absolute atomic E-state index is 13.1. The molecule has 1 N–H and O–H groups in total. The van der Waals surface area contributed by atoms with Crippen LogP contribution in [0.3, 0.4) is 0 Å². The van der Waals surface area contributed by atoms with Gasteiger partial charge >= 0.3 is 0 Å². The fourth-order valence-corrected chi connectivity index (χ4v) is 4.38. The van der Waals surface area contributed by atoms with Crippen LogP contribution in [0.1, 0.15) is 23.7 Å². The first-order chi connectivity index (χ1) is 16.5. The lowest BCUT2D eigenvalue weighted by Crippen LogP contribution is -2.39. The summed E-state index contributed by atoms with van der Waals surface area (Å²) >= 11 is 0. The summed E-state index contributed by atoms with van der Waals surface area (Å²) in [6.07, 6.45) is 2.30. The van der Waals surface area contributed by atoms with Gasteiger partial charge in [-0.1, -0.05) is 6.07 Å². The lowest BCUT2D eigenvalue weighted by molar-refractivity contribution is -0.140. The molecule has 0 saturated carbocycles. The quantitative estimate of drug-likeness (QED) is 0.358. The van der Waals surface area contributed by atoms with E-state index in [9.17, 15) is 14.7 Å². The van der Waals surface area contributed by atoms with Crippen LogP contribution in [0.5, 0.6) is 11.5 Å². The van der Waals surface area contributed by atoms with Crippen molar-refractivity contribution in [2.45, 2.75) is 12.5 Å². The second-order valence-corrected chi connectivity index (χ2v) is 8.12. The van der Waals surface area contributed by atoms with Crippen molar-refractivity contribution in [2.75, 3.05) is 53.6 Å². The Morgan fingerprint density at radius 3 is 2.53 bits per heavy atom. The average Bonchev–Trinajstić information content (AvgIpc) is 3.14. The maximum Gasteiger partial charge on any atom is 0.295 e. The van der Waals surface area contributed by atoms with Crippen molar-refractivity contribution in [1.29, 1.82) is 0 Å². The normalized spacial score (nSPS) is 20.5. The Kier molecular flexibility index (Phi) is 7.44. The van der Waals surface area contributed by atoms with Gasteiger partial charge in [-0.05, 0) is 36.8 Å². The van der Waals surface area contributed by atoms with E-state index in [1.54, 1.807) is 42.6 Å². The second-order valence-electron chi connectivity index (χ2n) is 8.12. The Labute approximate surface area is 198 Å². The molecule has 1 unspecified atom stereocenters. The van der Waals surface area contributed by atoms with E-state index in [4.69, 9.17) is 14.2 Å². The first-order valence-corrected chi connectivity index (χ1v) is 11.3. The van der Waals surface area contributed by atoms with Crippen molar-refractivity contribution in [3.8, 4) is 11.5 Å². The standard InChI is InChI=1S/C25H29N3O6/c1-32-19-8-7-17(16-20(19)33-2)23(29)21-22(18-6-3-4-9-26-18)28(25(31)24(21)30)11-5-10-27-12-14-34-15-13-27/h3-4,6-9,16,22,29H,5,10-15H2,1-2H3/b23-21-. The molecule has 2 aliphatic rings. The predicted octanol–water partition coefficient (Wildman–Crippen LogP) is 2.24. The number of carbonyl (C=O) groups excluding carboxylic acids is 2. The SMILES string of the molecule is COc1ccc(/C(O)=C2/C(=O)C(=O)N(CCCN3CCOCC3)C2c2ccccn2)cc1OC. The monoisotopic (exact) mass is 467 g/mol. The fraction of sp³-hybridized carbons (Fsp3) is 0.400. The van der Waals surface area contributed by atoms with Gasteiger partial charge < -0.3 is 24.2 Å². The molecule has 2 aliphatic heterocycles. The van der Waals surface area contributed by atoms with E-state index in [1.807, 2.05) is 0 Å². The number of ether oxygens (including phenoxy) is 3. The van der Waals surface area contributed by atoms with Gasteiger partial charge in [-0.2, -0.15) is 0 Å². The molecule has 2 fully saturated rings. The number of ketones is 1. The number of carbonyl (C=O) groups is 2. The highest BCUT2D eigenvalue weighted by molar-refractivity contribution is 6.46. The highest BCUT2D eigenvalue weighted by atomic mass is 16.5. The molecule has 0 aliphatic carbocycles. The summed E-state index contributed by atoms with van der Waals surface area (Å²) in [4.78, 5) is 34.4. The predicted molar refractivity (Wildman–Crippen MR) is 125 cm³/mol. The van der Waals surface area contributed by atoms with Crippen LogP contribution in [-0.2, 0) is 14.3 Å². The van der Waals surface area contributed by atoms with E-state index in [1.165, 1.54) is 19.1 Å². The number of amides is 1. The van der Waals surface area contributed by atoms with Gasteiger partial charge in [-0.3, -0.25) is 19.5 Å². The summed E-state index contributed by atoms with van der Waals surface area (Å²) in [6, 6.07) is 9.39. The number of pyridine rings is 1. The van der Waals surface area contributed by atoms with Gasteiger partial charge in [0.1, 0.15) is 11.8 Å². The molecule has 9 nitrogen and oxygen atoms in total. The molecule has 2 aromatic rings.